The smallest absolute Gasteiger partial charge is 0.182 e. The van der Waals surface area contributed by atoms with Crippen molar-refractivity contribution < 1.29 is 4.39 Å². The van der Waals surface area contributed by atoms with Gasteiger partial charge in [0.25, 0.3) is 0 Å². The number of fused-ring (bicyclic) bond motifs is 2. The van der Waals surface area contributed by atoms with E-state index in [0.717, 1.165) is 0 Å². The van der Waals surface area contributed by atoms with Crippen LogP contribution in [0.5, 0.6) is 0 Å². The molecular formula is C21H14Cl2FN7. The van der Waals surface area contributed by atoms with Crippen LogP contribution in [0.1, 0.15) is 18.7 Å². The molecule has 3 heterocycles. The molecule has 5 aromatic rings. The van der Waals surface area contributed by atoms with Crippen LogP contribution < -0.4 is 5.32 Å². The highest BCUT2D eigenvalue weighted by molar-refractivity contribution is 6.35. The van der Waals surface area contributed by atoms with Gasteiger partial charge >= 0.3 is 0 Å². The van der Waals surface area contributed by atoms with Crippen molar-refractivity contribution in [2.75, 3.05) is 5.32 Å². The number of para-hydroxylation sites is 1. The van der Waals surface area contributed by atoms with Gasteiger partial charge in [-0.1, -0.05) is 29.3 Å². The van der Waals surface area contributed by atoms with E-state index in [-0.39, 0.29) is 6.04 Å². The third-order valence-electron chi connectivity index (χ3n) is 4.84. The molecule has 2 aromatic carbocycles. The van der Waals surface area contributed by atoms with Crippen LogP contribution in [0.4, 0.5) is 10.2 Å². The Balaban J connectivity index is 1.69. The number of benzene rings is 2. The number of H-pyrrole nitrogens is 1. The Morgan fingerprint density at radius 3 is 2.77 bits per heavy atom. The van der Waals surface area contributed by atoms with E-state index in [4.69, 9.17) is 33.2 Å². The summed E-state index contributed by atoms with van der Waals surface area (Å²) in [5.74, 6) is 0.126. The van der Waals surface area contributed by atoms with Gasteiger partial charge in [0.15, 0.2) is 11.5 Å². The van der Waals surface area contributed by atoms with Crippen molar-refractivity contribution in [3.8, 4) is 11.3 Å². The van der Waals surface area contributed by atoms with Crippen LogP contribution >= 0.6 is 23.2 Å². The monoisotopic (exact) mass is 453 g/mol. The standard InChI is InChI=1S/C21H14Cl2FN7/c1-10(29-21-19-20(26-8-25-19)27-9-28-21)16-17(12-7-11(24)5-6-13(12)22)31-18-14(23)3-2-4-15(18)30-16/h2-10H,1H3,(H2,25,26,27,28,29). The van der Waals surface area contributed by atoms with Crippen LogP contribution in [-0.4, -0.2) is 29.9 Å². The van der Waals surface area contributed by atoms with Crippen LogP contribution in [0.3, 0.4) is 0 Å². The quantitative estimate of drug-likeness (QED) is 0.368. The predicted octanol–water partition coefficient (Wildman–Crippen LogP) is 5.58. The van der Waals surface area contributed by atoms with Crippen LogP contribution in [-0.2, 0) is 0 Å². The van der Waals surface area contributed by atoms with Crippen molar-refractivity contribution >= 4 is 51.2 Å². The zero-order chi connectivity index (χ0) is 21.5. The molecule has 5 rings (SSSR count). The average Bonchev–Trinajstić information content (AvgIpc) is 3.25. The van der Waals surface area contributed by atoms with Gasteiger partial charge in [-0.15, -0.1) is 0 Å². The molecule has 0 aliphatic carbocycles. The Morgan fingerprint density at radius 1 is 1.03 bits per heavy atom. The Morgan fingerprint density at radius 2 is 1.90 bits per heavy atom. The second kappa shape index (κ2) is 7.72. The number of anilines is 1. The summed E-state index contributed by atoms with van der Waals surface area (Å²) in [5.41, 5.74) is 3.74. The van der Waals surface area contributed by atoms with Gasteiger partial charge < -0.3 is 10.3 Å². The van der Waals surface area contributed by atoms with Crippen molar-refractivity contribution in [1.29, 1.82) is 0 Å². The van der Waals surface area contributed by atoms with Gasteiger partial charge in [0.2, 0.25) is 0 Å². The molecule has 0 saturated heterocycles. The summed E-state index contributed by atoms with van der Waals surface area (Å²) in [4.78, 5) is 25.1. The van der Waals surface area contributed by atoms with E-state index in [2.05, 4.69) is 25.3 Å². The normalized spacial score (nSPS) is 12.4. The van der Waals surface area contributed by atoms with E-state index in [1.807, 2.05) is 13.0 Å². The van der Waals surface area contributed by atoms with Gasteiger partial charge in [-0.3, -0.25) is 0 Å². The topological polar surface area (TPSA) is 92.3 Å². The molecule has 10 heteroatoms. The Bertz CT molecular complexity index is 1440. The van der Waals surface area contributed by atoms with Crippen LogP contribution in [0.15, 0.2) is 49.1 Å². The molecule has 0 radical (unpaired) electrons. The van der Waals surface area contributed by atoms with Gasteiger partial charge in [0.1, 0.15) is 23.2 Å². The highest BCUT2D eigenvalue weighted by atomic mass is 35.5. The zero-order valence-corrected chi connectivity index (χ0v) is 17.6. The Labute approximate surface area is 185 Å². The van der Waals surface area contributed by atoms with Gasteiger partial charge in [0.05, 0.1) is 39.3 Å². The lowest BCUT2D eigenvalue weighted by atomic mass is 10.0. The molecule has 0 spiro atoms. The first-order valence-corrected chi connectivity index (χ1v) is 10.1. The summed E-state index contributed by atoms with van der Waals surface area (Å²) in [6.07, 6.45) is 2.97. The largest absolute Gasteiger partial charge is 0.360 e. The number of rotatable bonds is 4. The summed E-state index contributed by atoms with van der Waals surface area (Å²) in [7, 11) is 0. The summed E-state index contributed by atoms with van der Waals surface area (Å²) < 4.78 is 14.1. The lowest BCUT2D eigenvalue weighted by molar-refractivity contribution is 0.628. The molecule has 3 aromatic heterocycles. The summed E-state index contributed by atoms with van der Waals surface area (Å²) in [6, 6.07) is 9.10. The van der Waals surface area contributed by atoms with E-state index in [1.54, 1.807) is 18.5 Å². The highest BCUT2D eigenvalue weighted by Crippen LogP contribution is 2.35. The number of nitrogens with zero attached hydrogens (tertiary/aromatic N) is 5. The van der Waals surface area contributed by atoms with Crippen LogP contribution in [0, 0.1) is 5.82 Å². The van der Waals surface area contributed by atoms with E-state index in [1.165, 1.54) is 24.5 Å². The third kappa shape index (κ3) is 3.54. The molecule has 1 unspecified atom stereocenters. The van der Waals surface area contributed by atoms with Crippen molar-refractivity contribution in [1.82, 2.24) is 29.9 Å². The number of hydrogen-bond donors (Lipinski definition) is 2. The summed E-state index contributed by atoms with van der Waals surface area (Å²) in [6.45, 7) is 1.90. The number of nitrogens with one attached hydrogen (secondary N) is 2. The maximum atomic E-state index is 14.1. The molecule has 31 heavy (non-hydrogen) atoms. The van der Waals surface area contributed by atoms with Gasteiger partial charge in [-0.25, -0.2) is 29.3 Å². The maximum Gasteiger partial charge on any atom is 0.182 e. The van der Waals surface area contributed by atoms with Crippen molar-refractivity contribution in [3.63, 3.8) is 0 Å². The van der Waals surface area contributed by atoms with Crippen LogP contribution in [0.25, 0.3) is 33.5 Å². The molecule has 154 valence electrons. The lowest BCUT2D eigenvalue weighted by Gasteiger charge is -2.19. The average molecular weight is 454 g/mol. The van der Waals surface area contributed by atoms with Crippen molar-refractivity contribution in [2.24, 2.45) is 0 Å². The Kier molecular flexibility index (Phi) is 4.88. The summed E-state index contributed by atoms with van der Waals surface area (Å²) in [5, 5.41) is 4.12. The Hall–Kier alpha value is -3.36. The molecule has 1 atom stereocenters. The SMILES string of the molecule is CC(Nc1ncnc2nc[nH]c12)c1nc2cccc(Cl)c2nc1-c1cc(F)ccc1Cl. The van der Waals surface area contributed by atoms with Crippen LogP contribution in [0.2, 0.25) is 10.0 Å². The fourth-order valence-electron chi connectivity index (χ4n) is 3.38. The van der Waals surface area contributed by atoms with Gasteiger partial charge in [-0.2, -0.15) is 0 Å². The third-order valence-corrected chi connectivity index (χ3v) is 5.48. The lowest BCUT2D eigenvalue weighted by Crippen LogP contribution is -2.13. The number of halogens is 3. The minimum atomic E-state index is -0.429. The molecule has 0 aliphatic rings. The zero-order valence-electron chi connectivity index (χ0n) is 16.1. The van der Waals surface area contributed by atoms with Gasteiger partial charge in [0, 0.05) is 5.56 Å². The number of hydrogen-bond acceptors (Lipinski definition) is 6. The second-order valence-corrected chi connectivity index (χ2v) is 7.69. The number of aromatic nitrogens is 6. The van der Waals surface area contributed by atoms with Crippen molar-refractivity contribution in [3.05, 3.63) is 70.6 Å². The molecule has 0 saturated carbocycles. The van der Waals surface area contributed by atoms with E-state index in [9.17, 15) is 4.39 Å². The minimum absolute atomic E-state index is 0.355. The molecular weight excluding hydrogens is 440 g/mol. The maximum absolute atomic E-state index is 14.1. The summed E-state index contributed by atoms with van der Waals surface area (Å²) >= 11 is 12.7. The van der Waals surface area contributed by atoms with Gasteiger partial charge in [-0.05, 0) is 37.3 Å². The predicted molar refractivity (Wildman–Crippen MR) is 119 cm³/mol. The molecule has 0 aliphatic heterocycles. The molecule has 0 amide bonds. The molecule has 0 fully saturated rings. The molecule has 0 bridgehead atoms. The molecule has 7 nitrogen and oxygen atoms in total. The number of imidazole rings is 1. The second-order valence-electron chi connectivity index (χ2n) is 6.88. The van der Waals surface area contributed by atoms with Crippen molar-refractivity contribution in [2.45, 2.75) is 13.0 Å². The fourth-order valence-corrected chi connectivity index (χ4v) is 3.80. The molecule has 2 N–H and O–H groups in total. The first-order chi connectivity index (χ1) is 15.0. The van der Waals surface area contributed by atoms with E-state index >= 15 is 0 Å². The fraction of sp³-hybridized carbons (Fsp3) is 0.0952. The minimum Gasteiger partial charge on any atom is -0.360 e. The van der Waals surface area contributed by atoms with E-state index < -0.39 is 5.82 Å². The number of aromatic amines is 1. The van der Waals surface area contributed by atoms with E-state index in [0.29, 0.717) is 55.0 Å². The highest BCUT2D eigenvalue weighted by Gasteiger charge is 2.21. The first-order valence-electron chi connectivity index (χ1n) is 9.33. The first kappa shape index (κ1) is 19.6.